The van der Waals surface area contributed by atoms with E-state index in [2.05, 4.69) is 4.98 Å². The molecule has 0 saturated heterocycles. The summed E-state index contributed by atoms with van der Waals surface area (Å²) >= 11 is 0. The van der Waals surface area contributed by atoms with Crippen LogP contribution in [0.5, 0.6) is 0 Å². The highest BCUT2D eigenvalue weighted by Crippen LogP contribution is 2.15. The number of aryl methyl sites for hydroxylation is 1. The molecule has 0 atom stereocenters. The van der Waals surface area contributed by atoms with Gasteiger partial charge in [-0.25, -0.2) is 0 Å². The van der Waals surface area contributed by atoms with Gasteiger partial charge in [0, 0.05) is 12.4 Å². The SMILES string of the molecule is C/C(=C/O)c1ccncc1C. The van der Waals surface area contributed by atoms with Crippen LogP contribution in [0.3, 0.4) is 0 Å². The van der Waals surface area contributed by atoms with Gasteiger partial charge in [-0.05, 0) is 36.6 Å². The number of aliphatic hydroxyl groups excluding tert-OH is 1. The summed E-state index contributed by atoms with van der Waals surface area (Å²) in [7, 11) is 0. The molecule has 1 rings (SSSR count). The van der Waals surface area contributed by atoms with E-state index in [-0.39, 0.29) is 0 Å². The Balaban J connectivity index is 3.14. The number of hydrogen-bond acceptors (Lipinski definition) is 2. The summed E-state index contributed by atoms with van der Waals surface area (Å²) in [6.45, 7) is 3.83. The molecular formula is C9H11NO. The Kier molecular flexibility index (Phi) is 2.26. The highest BCUT2D eigenvalue weighted by atomic mass is 16.2. The molecule has 0 aliphatic heterocycles. The summed E-state index contributed by atoms with van der Waals surface area (Å²) in [6, 6.07) is 1.89. The first-order valence-corrected chi connectivity index (χ1v) is 3.47. The fourth-order valence-corrected chi connectivity index (χ4v) is 0.985. The molecule has 0 saturated carbocycles. The highest BCUT2D eigenvalue weighted by molar-refractivity contribution is 5.64. The van der Waals surface area contributed by atoms with Crippen LogP contribution in [0, 0.1) is 6.92 Å². The lowest BCUT2D eigenvalue weighted by atomic mass is 10.1. The Bertz CT molecular complexity index is 279. The first kappa shape index (κ1) is 7.79. The Hall–Kier alpha value is -1.31. The molecule has 0 amide bonds. The van der Waals surface area contributed by atoms with Crippen LogP contribution in [0.25, 0.3) is 5.57 Å². The largest absolute Gasteiger partial charge is 0.515 e. The van der Waals surface area contributed by atoms with Gasteiger partial charge in [-0.2, -0.15) is 0 Å². The summed E-state index contributed by atoms with van der Waals surface area (Å²) < 4.78 is 0. The summed E-state index contributed by atoms with van der Waals surface area (Å²) in [4.78, 5) is 3.95. The van der Waals surface area contributed by atoms with E-state index >= 15 is 0 Å². The van der Waals surface area contributed by atoms with Gasteiger partial charge in [0.15, 0.2) is 0 Å². The monoisotopic (exact) mass is 149 g/mol. The first-order chi connectivity index (χ1) is 5.25. The zero-order valence-corrected chi connectivity index (χ0v) is 6.70. The quantitative estimate of drug-likeness (QED) is 0.621. The molecule has 1 aromatic rings. The van der Waals surface area contributed by atoms with Gasteiger partial charge in [0.05, 0.1) is 6.26 Å². The van der Waals surface area contributed by atoms with E-state index in [1.807, 2.05) is 19.9 Å². The molecule has 0 radical (unpaired) electrons. The number of pyridine rings is 1. The van der Waals surface area contributed by atoms with Gasteiger partial charge < -0.3 is 5.11 Å². The maximum atomic E-state index is 8.73. The van der Waals surface area contributed by atoms with Gasteiger partial charge in [0.2, 0.25) is 0 Å². The summed E-state index contributed by atoms with van der Waals surface area (Å²) in [5.74, 6) is 0. The van der Waals surface area contributed by atoms with Crippen molar-refractivity contribution in [3.8, 4) is 0 Å². The van der Waals surface area contributed by atoms with Crippen molar-refractivity contribution in [1.82, 2.24) is 4.98 Å². The van der Waals surface area contributed by atoms with Gasteiger partial charge in [-0.15, -0.1) is 0 Å². The second-order valence-corrected chi connectivity index (χ2v) is 2.50. The number of aliphatic hydroxyl groups is 1. The molecule has 11 heavy (non-hydrogen) atoms. The van der Waals surface area contributed by atoms with Crippen LogP contribution >= 0.6 is 0 Å². The normalized spacial score (nSPS) is 11.6. The van der Waals surface area contributed by atoms with Crippen LogP contribution in [0.1, 0.15) is 18.1 Å². The zero-order valence-electron chi connectivity index (χ0n) is 6.70. The van der Waals surface area contributed by atoms with E-state index in [4.69, 9.17) is 5.11 Å². The fraction of sp³-hybridized carbons (Fsp3) is 0.222. The van der Waals surface area contributed by atoms with E-state index in [1.54, 1.807) is 12.4 Å². The Morgan fingerprint density at radius 1 is 1.64 bits per heavy atom. The maximum Gasteiger partial charge on any atom is 0.0826 e. The predicted octanol–water partition coefficient (Wildman–Crippen LogP) is 2.31. The third-order valence-electron chi connectivity index (χ3n) is 1.64. The van der Waals surface area contributed by atoms with E-state index in [9.17, 15) is 0 Å². The zero-order chi connectivity index (χ0) is 8.27. The van der Waals surface area contributed by atoms with Gasteiger partial charge in [-0.3, -0.25) is 4.98 Å². The second-order valence-electron chi connectivity index (χ2n) is 2.50. The minimum absolute atomic E-state index is 0.866. The van der Waals surface area contributed by atoms with Crippen molar-refractivity contribution in [3.63, 3.8) is 0 Å². The van der Waals surface area contributed by atoms with E-state index in [1.165, 1.54) is 0 Å². The fourth-order valence-electron chi connectivity index (χ4n) is 0.985. The molecule has 0 aromatic carbocycles. The van der Waals surface area contributed by atoms with Gasteiger partial charge >= 0.3 is 0 Å². The van der Waals surface area contributed by atoms with Crippen LogP contribution in [-0.2, 0) is 0 Å². The van der Waals surface area contributed by atoms with Crippen LogP contribution in [0.4, 0.5) is 0 Å². The molecule has 1 aromatic heterocycles. The average molecular weight is 149 g/mol. The number of rotatable bonds is 1. The van der Waals surface area contributed by atoms with Crippen LogP contribution < -0.4 is 0 Å². The topological polar surface area (TPSA) is 33.1 Å². The lowest BCUT2D eigenvalue weighted by Crippen LogP contribution is -1.86. The Morgan fingerprint density at radius 3 is 2.91 bits per heavy atom. The Morgan fingerprint density at radius 2 is 2.36 bits per heavy atom. The van der Waals surface area contributed by atoms with Crippen molar-refractivity contribution < 1.29 is 5.11 Å². The van der Waals surface area contributed by atoms with Gasteiger partial charge in [0.1, 0.15) is 0 Å². The van der Waals surface area contributed by atoms with Crippen LogP contribution in [0.15, 0.2) is 24.7 Å². The van der Waals surface area contributed by atoms with E-state index in [0.717, 1.165) is 23.0 Å². The molecule has 0 spiro atoms. The second kappa shape index (κ2) is 3.19. The number of aromatic nitrogens is 1. The van der Waals surface area contributed by atoms with Crippen molar-refractivity contribution in [2.75, 3.05) is 0 Å². The Labute approximate surface area is 66.2 Å². The molecule has 58 valence electrons. The lowest BCUT2D eigenvalue weighted by molar-refractivity contribution is 0.475. The molecule has 0 fully saturated rings. The molecule has 1 N–H and O–H groups in total. The molecule has 0 unspecified atom stereocenters. The smallest absolute Gasteiger partial charge is 0.0826 e. The third-order valence-corrected chi connectivity index (χ3v) is 1.64. The van der Waals surface area contributed by atoms with Crippen molar-refractivity contribution in [2.45, 2.75) is 13.8 Å². The highest BCUT2D eigenvalue weighted by Gasteiger charge is 1.97. The van der Waals surface area contributed by atoms with E-state index < -0.39 is 0 Å². The number of hydrogen-bond donors (Lipinski definition) is 1. The summed E-state index contributed by atoms with van der Waals surface area (Å²) in [6.07, 6.45) is 4.61. The lowest BCUT2D eigenvalue weighted by Gasteiger charge is -2.02. The van der Waals surface area contributed by atoms with Crippen molar-refractivity contribution >= 4 is 5.57 Å². The van der Waals surface area contributed by atoms with Crippen molar-refractivity contribution in [2.24, 2.45) is 0 Å². The average Bonchev–Trinajstić information content (AvgIpc) is 2.04. The van der Waals surface area contributed by atoms with E-state index in [0.29, 0.717) is 0 Å². The van der Waals surface area contributed by atoms with Gasteiger partial charge in [0.25, 0.3) is 0 Å². The molecule has 0 bridgehead atoms. The summed E-state index contributed by atoms with van der Waals surface area (Å²) in [5.41, 5.74) is 2.99. The first-order valence-electron chi connectivity index (χ1n) is 3.47. The van der Waals surface area contributed by atoms with Crippen LogP contribution in [-0.4, -0.2) is 10.1 Å². The standard InChI is InChI=1S/C9H11NO/c1-7-5-10-4-3-9(7)8(2)6-11/h3-6,11H,1-2H3/b8-6-. The minimum atomic E-state index is 0.866. The third kappa shape index (κ3) is 1.58. The molecule has 0 aliphatic carbocycles. The number of nitrogens with zero attached hydrogens (tertiary/aromatic N) is 1. The molecule has 2 nitrogen and oxygen atoms in total. The minimum Gasteiger partial charge on any atom is -0.515 e. The van der Waals surface area contributed by atoms with Crippen molar-refractivity contribution in [1.29, 1.82) is 0 Å². The number of allylic oxidation sites excluding steroid dienone is 1. The predicted molar refractivity (Wildman–Crippen MR) is 45.3 cm³/mol. The van der Waals surface area contributed by atoms with Crippen molar-refractivity contribution in [3.05, 3.63) is 35.8 Å². The summed E-state index contributed by atoms with van der Waals surface area (Å²) in [5, 5.41) is 8.73. The molecular weight excluding hydrogens is 138 g/mol. The van der Waals surface area contributed by atoms with Gasteiger partial charge in [-0.1, -0.05) is 0 Å². The molecule has 1 heterocycles. The molecule has 0 aliphatic rings. The molecule has 2 heteroatoms. The maximum absolute atomic E-state index is 8.73. The van der Waals surface area contributed by atoms with Crippen LogP contribution in [0.2, 0.25) is 0 Å².